The van der Waals surface area contributed by atoms with Crippen LogP contribution in [-0.4, -0.2) is 26.8 Å². The minimum Gasteiger partial charge on any atom is -0.494 e. The molecule has 1 atom stereocenters. The lowest BCUT2D eigenvalue weighted by Gasteiger charge is -2.16. The Morgan fingerprint density at radius 3 is 2.75 bits per heavy atom. The molecule has 0 unspecified atom stereocenters. The molecule has 7 nitrogen and oxygen atoms in total. The number of hydrogen-bond acceptors (Lipinski definition) is 5. The van der Waals surface area contributed by atoms with Gasteiger partial charge in [0.15, 0.2) is 4.77 Å². The third-order valence-electron chi connectivity index (χ3n) is 3.82. The van der Waals surface area contributed by atoms with Crippen molar-refractivity contribution in [2.45, 2.75) is 65.3 Å². The average Bonchev–Trinajstić information content (AvgIpc) is 2.54. The van der Waals surface area contributed by atoms with Gasteiger partial charge in [0, 0.05) is 12.5 Å². The van der Waals surface area contributed by atoms with Crippen LogP contribution in [0.2, 0.25) is 0 Å². The molecule has 3 N–H and O–H groups in total. The zero-order valence-electron chi connectivity index (χ0n) is 14.5. The molecule has 0 saturated carbocycles. The maximum Gasteiger partial charge on any atom is 0.264 e. The molecule has 0 aromatic carbocycles. The highest BCUT2D eigenvalue weighted by Gasteiger charge is 2.14. The number of nitrogens with zero attached hydrogens (tertiary/aromatic N) is 2. The van der Waals surface area contributed by atoms with Crippen molar-refractivity contribution in [1.82, 2.24) is 15.0 Å². The van der Waals surface area contributed by atoms with E-state index in [1.807, 2.05) is 13.8 Å². The fraction of sp³-hybridized carbons (Fsp3) is 0.625. The molecule has 1 rings (SSSR count). The molecule has 1 aromatic rings. The van der Waals surface area contributed by atoms with Crippen LogP contribution < -0.4 is 11.0 Å². The van der Waals surface area contributed by atoms with E-state index in [1.54, 1.807) is 0 Å². The topological polar surface area (TPSA) is 99.5 Å². The number of hydrogen-bond donors (Lipinski definition) is 3. The average molecular weight is 354 g/mol. The summed E-state index contributed by atoms with van der Waals surface area (Å²) in [6, 6.07) is -0.0744. The summed E-state index contributed by atoms with van der Waals surface area (Å²) in [7, 11) is 0. The quantitative estimate of drug-likeness (QED) is 0.275. The highest BCUT2D eigenvalue weighted by Crippen LogP contribution is 2.19. The molecule has 0 aliphatic rings. The van der Waals surface area contributed by atoms with Crippen LogP contribution in [-0.2, 0) is 4.79 Å². The van der Waals surface area contributed by atoms with E-state index in [4.69, 9.17) is 12.2 Å². The van der Waals surface area contributed by atoms with Gasteiger partial charge >= 0.3 is 0 Å². The third kappa shape index (κ3) is 5.59. The normalized spacial score (nSPS) is 12.5. The number of H-pyrrole nitrogens is 1. The fourth-order valence-corrected chi connectivity index (χ4v) is 2.56. The van der Waals surface area contributed by atoms with Crippen molar-refractivity contribution < 1.29 is 9.90 Å². The lowest BCUT2D eigenvalue weighted by Crippen LogP contribution is -2.22. The number of carbonyl (C=O) groups is 1. The first-order chi connectivity index (χ1) is 11.4. The molecular formula is C16H26N4O3S. The van der Waals surface area contributed by atoms with Crippen LogP contribution in [0.25, 0.3) is 0 Å². The molecule has 1 amide bonds. The van der Waals surface area contributed by atoms with E-state index in [0.717, 1.165) is 38.3 Å². The SMILES string of the molecule is CCCCCCC(=O)NN=Cc1c(O)n([C@H](C)CC)c(=S)[nH]c1=O. The van der Waals surface area contributed by atoms with Gasteiger partial charge in [0.1, 0.15) is 5.56 Å². The molecule has 0 spiro atoms. The minimum atomic E-state index is -0.544. The van der Waals surface area contributed by atoms with Crippen LogP contribution in [0.4, 0.5) is 0 Å². The van der Waals surface area contributed by atoms with Crippen LogP contribution in [0.3, 0.4) is 0 Å². The van der Waals surface area contributed by atoms with Crippen LogP contribution >= 0.6 is 12.2 Å². The van der Waals surface area contributed by atoms with Gasteiger partial charge in [-0.15, -0.1) is 0 Å². The second-order valence-corrected chi connectivity index (χ2v) is 6.11. The Kier molecular flexibility index (Phi) is 8.39. The van der Waals surface area contributed by atoms with Crippen LogP contribution in [0.1, 0.15) is 70.9 Å². The van der Waals surface area contributed by atoms with E-state index in [1.165, 1.54) is 4.57 Å². The molecule has 0 aliphatic carbocycles. The van der Waals surface area contributed by atoms with E-state index < -0.39 is 5.56 Å². The Hall–Kier alpha value is -1.96. The molecule has 0 radical (unpaired) electrons. The summed E-state index contributed by atoms with van der Waals surface area (Å²) in [6.07, 6.45) is 6.28. The predicted octanol–water partition coefficient (Wildman–Crippen LogP) is 3.00. The summed E-state index contributed by atoms with van der Waals surface area (Å²) in [5, 5.41) is 14.1. The Morgan fingerprint density at radius 2 is 2.12 bits per heavy atom. The highest BCUT2D eigenvalue weighted by molar-refractivity contribution is 7.71. The van der Waals surface area contributed by atoms with Gasteiger partial charge in [-0.3, -0.25) is 19.1 Å². The van der Waals surface area contributed by atoms with Crippen molar-refractivity contribution in [3.05, 3.63) is 20.7 Å². The summed E-state index contributed by atoms with van der Waals surface area (Å²) in [5.74, 6) is -0.466. The van der Waals surface area contributed by atoms with Gasteiger partial charge in [-0.25, -0.2) is 5.43 Å². The van der Waals surface area contributed by atoms with Crippen molar-refractivity contribution in [3.63, 3.8) is 0 Å². The maximum atomic E-state index is 11.9. The molecule has 134 valence electrons. The van der Waals surface area contributed by atoms with Gasteiger partial charge in [0.25, 0.3) is 5.56 Å². The summed E-state index contributed by atoms with van der Waals surface area (Å²) in [5.41, 5.74) is 1.80. The number of amides is 1. The lowest BCUT2D eigenvalue weighted by atomic mass is 10.1. The monoisotopic (exact) mass is 354 g/mol. The number of rotatable bonds is 9. The molecule has 24 heavy (non-hydrogen) atoms. The molecule has 1 aromatic heterocycles. The van der Waals surface area contributed by atoms with E-state index in [-0.39, 0.29) is 28.2 Å². The van der Waals surface area contributed by atoms with Gasteiger partial charge in [-0.2, -0.15) is 5.10 Å². The second kappa shape index (κ2) is 10.0. The van der Waals surface area contributed by atoms with Gasteiger partial charge in [0.05, 0.1) is 6.21 Å². The maximum absolute atomic E-state index is 11.9. The van der Waals surface area contributed by atoms with Crippen LogP contribution in [0.15, 0.2) is 9.90 Å². The molecule has 0 saturated heterocycles. The lowest BCUT2D eigenvalue weighted by molar-refractivity contribution is -0.121. The second-order valence-electron chi connectivity index (χ2n) is 5.73. The van der Waals surface area contributed by atoms with Gasteiger partial charge in [-0.05, 0) is 32.0 Å². The number of aromatic amines is 1. The summed E-state index contributed by atoms with van der Waals surface area (Å²) >= 11 is 5.09. The van der Waals surface area contributed by atoms with Crippen molar-refractivity contribution >= 4 is 24.3 Å². The van der Waals surface area contributed by atoms with Gasteiger partial charge in [0.2, 0.25) is 11.8 Å². The molecule has 1 heterocycles. The Bertz CT molecular complexity index is 694. The number of unbranched alkanes of at least 4 members (excludes halogenated alkanes) is 3. The van der Waals surface area contributed by atoms with E-state index >= 15 is 0 Å². The zero-order valence-corrected chi connectivity index (χ0v) is 15.3. The number of carbonyl (C=O) groups excluding carboxylic acids is 1. The van der Waals surface area contributed by atoms with Gasteiger partial charge in [-0.1, -0.05) is 33.1 Å². The van der Waals surface area contributed by atoms with E-state index in [2.05, 4.69) is 22.4 Å². The summed E-state index contributed by atoms with van der Waals surface area (Å²) < 4.78 is 1.62. The Balaban J connectivity index is 2.82. The summed E-state index contributed by atoms with van der Waals surface area (Å²) in [6.45, 7) is 5.94. The van der Waals surface area contributed by atoms with Crippen molar-refractivity contribution in [1.29, 1.82) is 0 Å². The van der Waals surface area contributed by atoms with Crippen LogP contribution in [0.5, 0.6) is 5.88 Å². The predicted molar refractivity (Wildman–Crippen MR) is 97.0 cm³/mol. The van der Waals surface area contributed by atoms with Crippen molar-refractivity contribution in [2.75, 3.05) is 0 Å². The highest BCUT2D eigenvalue weighted by atomic mass is 32.1. The molecule has 8 heteroatoms. The minimum absolute atomic E-state index is 0.0322. The van der Waals surface area contributed by atoms with Crippen molar-refractivity contribution in [2.24, 2.45) is 5.10 Å². The van der Waals surface area contributed by atoms with E-state index in [0.29, 0.717) is 6.42 Å². The molecule has 0 bridgehead atoms. The fourth-order valence-electron chi connectivity index (χ4n) is 2.20. The summed E-state index contributed by atoms with van der Waals surface area (Å²) in [4.78, 5) is 26.1. The van der Waals surface area contributed by atoms with Crippen LogP contribution in [0, 0.1) is 4.77 Å². The zero-order chi connectivity index (χ0) is 18.1. The van der Waals surface area contributed by atoms with Crippen molar-refractivity contribution in [3.8, 4) is 5.88 Å². The number of aromatic hydroxyl groups is 1. The first-order valence-electron chi connectivity index (χ1n) is 8.32. The third-order valence-corrected chi connectivity index (χ3v) is 4.12. The smallest absolute Gasteiger partial charge is 0.264 e. The number of hydrazone groups is 1. The molecule has 0 fully saturated rings. The number of nitrogens with one attached hydrogen (secondary N) is 2. The molecule has 0 aliphatic heterocycles. The Labute approximate surface area is 146 Å². The largest absolute Gasteiger partial charge is 0.494 e. The first kappa shape index (κ1) is 20.1. The number of aromatic nitrogens is 2. The van der Waals surface area contributed by atoms with Gasteiger partial charge < -0.3 is 5.11 Å². The Morgan fingerprint density at radius 1 is 1.42 bits per heavy atom. The molecular weight excluding hydrogens is 328 g/mol. The standard InChI is InChI=1S/C16H26N4O3S/c1-4-6-7-8-9-13(21)19-17-10-12-14(22)18-16(24)20(15(12)23)11(3)5-2/h10-11,23H,4-9H2,1-3H3,(H,19,21)(H,18,22,24)/t11-/m1/s1. The van der Waals surface area contributed by atoms with E-state index in [9.17, 15) is 14.7 Å². The first-order valence-corrected chi connectivity index (χ1v) is 8.72.